The smallest absolute Gasteiger partial charge is 0.166 e. The Morgan fingerprint density at radius 2 is 2.13 bits per heavy atom. The van der Waals surface area contributed by atoms with Crippen LogP contribution >= 0.6 is 0 Å². The highest BCUT2D eigenvalue weighted by molar-refractivity contribution is 5.98. The molecule has 82 valence electrons. The Hall–Kier alpha value is -1.05. The Bertz CT molecular complexity index is 385. The van der Waals surface area contributed by atoms with Gasteiger partial charge in [-0.2, -0.15) is 0 Å². The molecule has 1 aliphatic rings. The van der Waals surface area contributed by atoms with Crippen molar-refractivity contribution in [2.75, 3.05) is 0 Å². The zero-order valence-electron chi connectivity index (χ0n) is 9.72. The van der Waals surface area contributed by atoms with Crippen LogP contribution in [0.3, 0.4) is 0 Å². The first-order chi connectivity index (χ1) is 7.02. The van der Waals surface area contributed by atoms with E-state index in [4.69, 9.17) is 4.42 Å². The van der Waals surface area contributed by atoms with E-state index >= 15 is 0 Å². The highest BCUT2D eigenvalue weighted by Crippen LogP contribution is 2.36. The van der Waals surface area contributed by atoms with E-state index < -0.39 is 0 Å². The van der Waals surface area contributed by atoms with Crippen LogP contribution < -0.4 is 0 Å². The van der Waals surface area contributed by atoms with E-state index in [0.29, 0.717) is 6.42 Å². The van der Waals surface area contributed by atoms with Gasteiger partial charge in [0.1, 0.15) is 11.5 Å². The summed E-state index contributed by atoms with van der Waals surface area (Å²) >= 11 is 0. The van der Waals surface area contributed by atoms with Crippen molar-refractivity contribution < 1.29 is 9.21 Å². The van der Waals surface area contributed by atoms with Crippen LogP contribution in [0.2, 0.25) is 0 Å². The van der Waals surface area contributed by atoms with Gasteiger partial charge < -0.3 is 4.42 Å². The van der Waals surface area contributed by atoms with Crippen molar-refractivity contribution in [1.82, 2.24) is 0 Å². The molecule has 0 N–H and O–H groups in total. The molecule has 15 heavy (non-hydrogen) atoms. The first kappa shape index (κ1) is 10.5. The lowest BCUT2D eigenvalue weighted by molar-refractivity contribution is 0.0903. The molecule has 0 saturated carbocycles. The molecule has 0 saturated heterocycles. The van der Waals surface area contributed by atoms with Crippen molar-refractivity contribution in [2.45, 2.75) is 46.5 Å². The van der Waals surface area contributed by atoms with E-state index in [1.807, 2.05) is 6.07 Å². The molecule has 1 aliphatic carbocycles. The summed E-state index contributed by atoms with van der Waals surface area (Å²) in [5.74, 6) is 2.11. The second-order valence-electron chi connectivity index (χ2n) is 5.24. The highest BCUT2D eigenvalue weighted by atomic mass is 16.3. The molecule has 1 aromatic rings. The van der Waals surface area contributed by atoms with Crippen LogP contribution in [-0.2, 0) is 12.8 Å². The second kappa shape index (κ2) is 3.51. The highest BCUT2D eigenvalue weighted by Gasteiger charge is 2.33. The average molecular weight is 206 g/mol. The Labute approximate surface area is 90.7 Å². The molecular formula is C13H18O2. The summed E-state index contributed by atoms with van der Waals surface area (Å²) in [6.07, 6.45) is 3.52. The molecule has 2 rings (SSSR count). The van der Waals surface area contributed by atoms with E-state index in [1.54, 1.807) is 0 Å². The van der Waals surface area contributed by atoms with Crippen LogP contribution in [0.5, 0.6) is 0 Å². The zero-order valence-corrected chi connectivity index (χ0v) is 9.72. The van der Waals surface area contributed by atoms with E-state index in [1.165, 1.54) is 0 Å². The molecule has 0 bridgehead atoms. The van der Waals surface area contributed by atoms with Gasteiger partial charge in [-0.3, -0.25) is 4.79 Å². The molecule has 0 amide bonds. The topological polar surface area (TPSA) is 30.2 Å². The maximum Gasteiger partial charge on any atom is 0.166 e. The van der Waals surface area contributed by atoms with E-state index in [-0.39, 0.29) is 11.2 Å². The third-order valence-electron chi connectivity index (χ3n) is 2.94. The fourth-order valence-electron chi connectivity index (χ4n) is 2.25. The second-order valence-corrected chi connectivity index (χ2v) is 5.24. The third-order valence-corrected chi connectivity index (χ3v) is 2.94. The lowest BCUT2D eigenvalue weighted by Gasteiger charge is -2.26. The number of hydrogen-bond acceptors (Lipinski definition) is 2. The number of carbonyl (C=O) groups excluding carboxylic acids is 1. The number of rotatable bonds is 2. The number of carbonyl (C=O) groups is 1. The first-order valence-electron chi connectivity index (χ1n) is 5.66. The van der Waals surface area contributed by atoms with Gasteiger partial charge in [-0.1, -0.05) is 20.8 Å². The Morgan fingerprint density at radius 1 is 1.40 bits per heavy atom. The van der Waals surface area contributed by atoms with Crippen molar-refractivity contribution in [1.29, 1.82) is 0 Å². The van der Waals surface area contributed by atoms with Crippen LogP contribution in [0.1, 0.15) is 55.5 Å². The normalized spacial score (nSPS) is 19.0. The average Bonchev–Trinajstić information content (AvgIpc) is 2.46. The molecule has 0 aliphatic heterocycles. The third kappa shape index (κ3) is 1.99. The molecule has 0 atom stereocenters. The first-order valence-corrected chi connectivity index (χ1v) is 5.66. The zero-order chi connectivity index (χ0) is 11.1. The molecule has 0 fully saturated rings. The minimum atomic E-state index is 0.0609. The van der Waals surface area contributed by atoms with Gasteiger partial charge in [0, 0.05) is 19.3 Å². The predicted octanol–water partition coefficient (Wildman–Crippen LogP) is 3.39. The Balaban J connectivity index is 2.34. The molecule has 0 spiro atoms. The number of aryl methyl sites for hydroxylation is 1. The van der Waals surface area contributed by atoms with E-state index in [0.717, 1.165) is 36.3 Å². The number of furan rings is 1. The van der Waals surface area contributed by atoms with Crippen molar-refractivity contribution in [3.8, 4) is 0 Å². The molecular weight excluding hydrogens is 188 g/mol. The Kier molecular flexibility index (Phi) is 2.45. The van der Waals surface area contributed by atoms with Crippen LogP contribution in [-0.4, -0.2) is 5.78 Å². The van der Waals surface area contributed by atoms with Crippen molar-refractivity contribution in [2.24, 2.45) is 5.41 Å². The summed E-state index contributed by atoms with van der Waals surface area (Å²) in [6, 6.07) is 1.94. The summed E-state index contributed by atoms with van der Waals surface area (Å²) in [6.45, 7) is 6.36. The quantitative estimate of drug-likeness (QED) is 0.742. The monoisotopic (exact) mass is 206 g/mol. The lowest BCUT2D eigenvalue weighted by Crippen LogP contribution is -2.25. The van der Waals surface area contributed by atoms with Crippen molar-refractivity contribution >= 4 is 5.78 Å². The van der Waals surface area contributed by atoms with Gasteiger partial charge >= 0.3 is 0 Å². The van der Waals surface area contributed by atoms with Gasteiger partial charge in [0.25, 0.3) is 0 Å². The van der Waals surface area contributed by atoms with Crippen molar-refractivity contribution in [3.05, 3.63) is 23.2 Å². The maximum atomic E-state index is 11.9. The lowest BCUT2D eigenvalue weighted by atomic mass is 9.77. The van der Waals surface area contributed by atoms with Gasteiger partial charge in [0.2, 0.25) is 0 Å². The maximum absolute atomic E-state index is 11.9. The molecule has 2 heteroatoms. The fraction of sp³-hybridized carbons (Fsp3) is 0.615. The predicted molar refractivity (Wildman–Crippen MR) is 59.1 cm³/mol. The molecule has 0 unspecified atom stereocenters. The van der Waals surface area contributed by atoms with Gasteiger partial charge in [0.05, 0.1) is 5.56 Å². The summed E-state index contributed by atoms with van der Waals surface area (Å²) in [5.41, 5.74) is 0.892. The molecule has 0 radical (unpaired) electrons. The van der Waals surface area contributed by atoms with E-state index in [2.05, 4.69) is 20.8 Å². The van der Waals surface area contributed by atoms with Crippen LogP contribution in [0.4, 0.5) is 0 Å². The SMILES string of the molecule is CCCc1cc2c(o1)CC(C)(C)CC2=O. The van der Waals surface area contributed by atoms with Gasteiger partial charge in [-0.15, -0.1) is 0 Å². The molecule has 2 nitrogen and oxygen atoms in total. The van der Waals surface area contributed by atoms with Crippen LogP contribution in [0, 0.1) is 5.41 Å². The number of Topliss-reactive ketones (excluding diaryl/α,β-unsaturated/α-hetero) is 1. The molecule has 1 heterocycles. The summed E-state index contributed by atoms with van der Waals surface area (Å²) in [4.78, 5) is 11.9. The van der Waals surface area contributed by atoms with Crippen molar-refractivity contribution in [3.63, 3.8) is 0 Å². The molecule has 0 aromatic carbocycles. The van der Waals surface area contributed by atoms with Gasteiger partial charge in [-0.25, -0.2) is 0 Å². The van der Waals surface area contributed by atoms with Crippen LogP contribution in [0.15, 0.2) is 10.5 Å². The van der Waals surface area contributed by atoms with Gasteiger partial charge in [0.15, 0.2) is 5.78 Å². The fourth-order valence-corrected chi connectivity index (χ4v) is 2.25. The minimum Gasteiger partial charge on any atom is -0.465 e. The largest absolute Gasteiger partial charge is 0.465 e. The number of fused-ring (bicyclic) bond motifs is 1. The van der Waals surface area contributed by atoms with Gasteiger partial charge in [-0.05, 0) is 17.9 Å². The number of hydrogen-bond donors (Lipinski definition) is 0. The summed E-state index contributed by atoms with van der Waals surface area (Å²) < 4.78 is 5.73. The summed E-state index contributed by atoms with van der Waals surface area (Å²) in [5, 5.41) is 0. The standard InChI is InChI=1S/C13H18O2/c1-4-5-9-6-10-11(14)7-13(2,3)8-12(10)15-9/h6H,4-5,7-8H2,1-3H3. The summed E-state index contributed by atoms with van der Waals surface area (Å²) in [7, 11) is 0. The number of ketones is 1. The Morgan fingerprint density at radius 3 is 2.80 bits per heavy atom. The van der Waals surface area contributed by atoms with E-state index in [9.17, 15) is 4.79 Å². The van der Waals surface area contributed by atoms with Crippen LogP contribution in [0.25, 0.3) is 0 Å². The minimum absolute atomic E-state index is 0.0609. The molecule has 1 aromatic heterocycles.